The smallest absolute Gasteiger partial charge is 0.433 e. The standard InChI is InChI=1S/C15H12ClF4N3O2/c1-3-25-7-21-11-4-8(10(17)5-9(11)16)14-12(24)6-13(15(18,19)20)23(2)22-14/h4-7H,3H2,1-2H3. The SMILES string of the molecule is CCOC=Nc1cc(-c2nn(C)c(C(F)(F)F)cc2=O)c(F)cc1Cl. The molecule has 134 valence electrons. The average Bonchev–Trinajstić information content (AvgIpc) is 2.50. The molecule has 0 unspecified atom stereocenters. The fourth-order valence-corrected chi connectivity index (χ4v) is 2.18. The van der Waals surface area contributed by atoms with Crippen molar-refractivity contribution < 1.29 is 22.3 Å². The van der Waals surface area contributed by atoms with E-state index in [0.29, 0.717) is 17.4 Å². The van der Waals surface area contributed by atoms with Gasteiger partial charge in [0.1, 0.15) is 17.2 Å². The topological polar surface area (TPSA) is 56.5 Å². The molecule has 2 aromatic rings. The summed E-state index contributed by atoms with van der Waals surface area (Å²) < 4.78 is 58.0. The Morgan fingerprint density at radius 1 is 1.36 bits per heavy atom. The lowest BCUT2D eigenvalue weighted by molar-refractivity contribution is -0.144. The van der Waals surface area contributed by atoms with E-state index in [1.807, 2.05) is 0 Å². The summed E-state index contributed by atoms with van der Waals surface area (Å²) in [6.07, 6.45) is -3.67. The second-order valence-electron chi connectivity index (χ2n) is 4.84. The molecular formula is C15H12ClF4N3O2. The molecule has 0 aliphatic heterocycles. The third-order valence-electron chi connectivity index (χ3n) is 3.11. The van der Waals surface area contributed by atoms with Crippen molar-refractivity contribution in [2.45, 2.75) is 13.1 Å². The highest BCUT2D eigenvalue weighted by Gasteiger charge is 2.34. The van der Waals surface area contributed by atoms with Gasteiger partial charge in [0.25, 0.3) is 0 Å². The summed E-state index contributed by atoms with van der Waals surface area (Å²) in [5.74, 6) is -0.912. The minimum Gasteiger partial charge on any atom is -0.483 e. The number of alkyl halides is 3. The molecule has 0 atom stereocenters. The van der Waals surface area contributed by atoms with E-state index >= 15 is 0 Å². The van der Waals surface area contributed by atoms with Crippen LogP contribution in [-0.4, -0.2) is 22.8 Å². The van der Waals surface area contributed by atoms with Crippen LogP contribution in [-0.2, 0) is 18.0 Å². The maximum absolute atomic E-state index is 14.2. The number of ether oxygens (including phenoxy) is 1. The van der Waals surface area contributed by atoms with Crippen molar-refractivity contribution in [3.63, 3.8) is 0 Å². The van der Waals surface area contributed by atoms with Crippen LogP contribution in [0.1, 0.15) is 12.6 Å². The van der Waals surface area contributed by atoms with Crippen molar-refractivity contribution in [3.8, 4) is 11.3 Å². The van der Waals surface area contributed by atoms with Crippen LogP contribution in [0.5, 0.6) is 0 Å². The Morgan fingerprint density at radius 3 is 2.64 bits per heavy atom. The highest BCUT2D eigenvalue weighted by atomic mass is 35.5. The van der Waals surface area contributed by atoms with Gasteiger partial charge in [-0.2, -0.15) is 18.3 Å². The summed E-state index contributed by atoms with van der Waals surface area (Å²) in [7, 11) is 1.01. The molecule has 5 nitrogen and oxygen atoms in total. The van der Waals surface area contributed by atoms with Crippen LogP contribution in [0.4, 0.5) is 23.2 Å². The molecule has 1 aromatic heterocycles. The molecule has 0 aliphatic rings. The third kappa shape index (κ3) is 4.16. The molecule has 0 saturated heterocycles. The Kier molecular flexibility index (Phi) is 5.46. The number of aromatic nitrogens is 2. The molecule has 0 N–H and O–H groups in total. The monoisotopic (exact) mass is 377 g/mol. The van der Waals surface area contributed by atoms with E-state index in [-0.39, 0.29) is 16.3 Å². The molecular weight excluding hydrogens is 366 g/mol. The van der Waals surface area contributed by atoms with Crippen LogP contribution in [0, 0.1) is 5.82 Å². The molecule has 0 bridgehead atoms. The van der Waals surface area contributed by atoms with Gasteiger partial charge in [-0.1, -0.05) is 11.6 Å². The molecule has 1 heterocycles. The number of aliphatic imine (C=N–C) groups is 1. The van der Waals surface area contributed by atoms with Crippen molar-refractivity contribution in [1.29, 1.82) is 0 Å². The maximum atomic E-state index is 14.2. The van der Waals surface area contributed by atoms with Gasteiger partial charge in [-0.15, -0.1) is 0 Å². The van der Waals surface area contributed by atoms with Crippen molar-refractivity contribution in [2.24, 2.45) is 12.0 Å². The van der Waals surface area contributed by atoms with Crippen LogP contribution in [0.2, 0.25) is 5.02 Å². The second-order valence-corrected chi connectivity index (χ2v) is 5.24. The Bertz CT molecular complexity index is 878. The van der Waals surface area contributed by atoms with Crippen LogP contribution in [0.3, 0.4) is 0 Å². The van der Waals surface area contributed by atoms with E-state index < -0.39 is 28.8 Å². The number of benzene rings is 1. The maximum Gasteiger partial charge on any atom is 0.433 e. The van der Waals surface area contributed by atoms with E-state index in [9.17, 15) is 22.4 Å². The third-order valence-corrected chi connectivity index (χ3v) is 3.42. The van der Waals surface area contributed by atoms with Gasteiger partial charge >= 0.3 is 6.18 Å². The summed E-state index contributed by atoms with van der Waals surface area (Å²) in [4.78, 5) is 15.9. The van der Waals surface area contributed by atoms with Gasteiger partial charge in [-0.3, -0.25) is 9.48 Å². The Morgan fingerprint density at radius 2 is 2.04 bits per heavy atom. The Hall–Kier alpha value is -2.42. The average molecular weight is 378 g/mol. The predicted molar refractivity (Wildman–Crippen MR) is 84.7 cm³/mol. The van der Waals surface area contributed by atoms with Crippen molar-refractivity contribution in [2.75, 3.05) is 6.61 Å². The molecule has 0 amide bonds. The second kappa shape index (κ2) is 7.22. The minimum absolute atomic E-state index is 0.0547. The number of halogens is 5. The van der Waals surface area contributed by atoms with Gasteiger partial charge in [-0.05, 0) is 19.1 Å². The van der Waals surface area contributed by atoms with Crippen LogP contribution >= 0.6 is 11.6 Å². The summed E-state index contributed by atoms with van der Waals surface area (Å²) in [5.41, 5.74) is -3.05. The highest BCUT2D eigenvalue weighted by molar-refractivity contribution is 6.33. The van der Waals surface area contributed by atoms with Gasteiger partial charge in [0.05, 0.1) is 17.3 Å². The van der Waals surface area contributed by atoms with Gasteiger partial charge in [-0.25, -0.2) is 9.38 Å². The number of hydrogen-bond donors (Lipinski definition) is 0. The zero-order valence-electron chi connectivity index (χ0n) is 13.1. The number of nitrogens with zero attached hydrogens (tertiary/aromatic N) is 3. The quantitative estimate of drug-likeness (QED) is 0.460. The van der Waals surface area contributed by atoms with Crippen molar-refractivity contribution >= 4 is 23.7 Å². The lowest BCUT2D eigenvalue weighted by Gasteiger charge is -2.13. The van der Waals surface area contributed by atoms with Crippen LogP contribution in [0.25, 0.3) is 11.3 Å². The molecule has 0 radical (unpaired) electrons. The largest absolute Gasteiger partial charge is 0.483 e. The van der Waals surface area contributed by atoms with E-state index in [0.717, 1.165) is 25.6 Å². The van der Waals surface area contributed by atoms with E-state index in [1.54, 1.807) is 6.92 Å². The lowest BCUT2D eigenvalue weighted by Crippen LogP contribution is -2.22. The van der Waals surface area contributed by atoms with Gasteiger partial charge in [0.2, 0.25) is 5.43 Å². The number of aryl methyl sites for hydroxylation is 1. The van der Waals surface area contributed by atoms with Gasteiger partial charge in [0, 0.05) is 18.7 Å². The minimum atomic E-state index is -4.76. The molecule has 0 spiro atoms. The van der Waals surface area contributed by atoms with Crippen molar-refractivity contribution in [1.82, 2.24) is 9.78 Å². The molecule has 0 fully saturated rings. The first-order chi connectivity index (χ1) is 11.6. The summed E-state index contributed by atoms with van der Waals surface area (Å²) in [6, 6.07) is 2.37. The van der Waals surface area contributed by atoms with E-state index in [1.165, 1.54) is 0 Å². The molecule has 25 heavy (non-hydrogen) atoms. The van der Waals surface area contributed by atoms with E-state index in [4.69, 9.17) is 16.3 Å². The normalized spacial score (nSPS) is 12.0. The van der Waals surface area contributed by atoms with Crippen LogP contribution in [0.15, 0.2) is 28.0 Å². The first kappa shape index (κ1) is 18.9. The van der Waals surface area contributed by atoms with Crippen LogP contribution < -0.4 is 5.43 Å². The fraction of sp³-hybridized carbons (Fsp3) is 0.267. The first-order valence-corrected chi connectivity index (χ1v) is 7.32. The number of rotatable bonds is 4. The predicted octanol–water partition coefficient (Wildman–Crippen LogP) is 3.95. The fourth-order valence-electron chi connectivity index (χ4n) is 1.98. The molecule has 10 heteroatoms. The van der Waals surface area contributed by atoms with Gasteiger partial charge < -0.3 is 4.74 Å². The first-order valence-electron chi connectivity index (χ1n) is 6.94. The zero-order chi connectivity index (χ0) is 18.8. The Balaban J connectivity index is 2.61. The number of hydrogen-bond acceptors (Lipinski definition) is 4. The summed E-state index contributed by atoms with van der Waals surface area (Å²) >= 11 is 5.86. The van der Waals surface area contributed by atoms with Crippen molar-refractivity contribution in [3.05, 3.63) is 45.0 Å². The highest BCUT2D eigenvalue weighted by Crippen LogP contribution is 2.32. The zero-order valence-corrected chi connectivity index (χ0v) is 13.8. The van der Waals surface area contributed by atoms with Gasteiger partial charge in [0.15, 0.2) is 6.40 Å². The molecule has 0 saturated carbocycles. The molecule has 2 rings (SSSR count). The van der Waals surface area contributed by atoms with E-state index in [2.05, 4.69) is 10.1 Å². The summed E-state index contributed by atoms with van der Waals surface area (Å²) in [6.45, 7) is 2.07. The molecule has 1 aromatic carbocycles. The Labute approximate surface area is 144 Å². The molecule has 0 aliphatic carbocycles. The lowest BCUT2D eigenvalue weighted by atomic mass is 10.1. The summed E-state index contributed by atoms with van der Waals surface area (Å²) in [5, 5.41) is 3.50.